The Labute approximate surface area is 129 Å². The van der Waals surface area contributed by atoms with Gasteiger partial charge < -0.3 is 9.47 Å². The van der Waals surface area contributed by atoms with E-state index in [9.17, 15) is 9.59 Å². The summed E-state index contributed by atoms with van der Waals surface area (Å²) >= 11 is 0. The number of esters is 2. The van der Waals surface area contributed by atoms with Crippen LogP contribution in [0.2, 0.25) is 0 Å². The van der Waals surface area contributed by atoms with Crippen LogP contribution in [-0.2, 0) is 16.0 Å². The first-order valence-corrected chi connectivity index (χ1v) is 7.21. The molecule has 2 aromatic rings. The molecule has 0 radical (unpaired) electrons. The predicted octanol–water partition coefficient (Wildman–Crippen LogP) is 3.40. The van der Waals surface area contributed by atoms with Gasteiger partial charge in [0.05, 0.1) is 12.2 Å². The zero-order valence-electron chi connectivity index (χ0n) is 12.5. The highest BCUT2D eigenvalue weighted by Gasteiger charge is 2.08. The highest BCUT2D eigenvalue weighted by molar-refractivity contribution is 5.90. The maximum absolute atomic E-state index is 11.9. The second-order valence-electron chi connectivity index (χ2n) is 4.70. The van der Waals surface area contributed by atoms with Gasteiger partial charge in [-0.15, -0.1) is 0 Å². The zero-order chi connectivity index (χ0) is 15.8. The summed E-state index contributed by atoms with van der Waals surface area (Å²) in [5.41, 5.74) is 1.50. The topological polar surface area (TPSA) is 52.6 Å². The van der Waals surface area contributed by atoms with Crippen molar-refractivity contribution in [2.24, 2.45) is 0 Å². The van der Waals surface area contributed by atoms with Gasteiger partial charge in [-0.1, -0.05) is 30.3 Å². The fourth-order valence-electron chi connectivity index (χ4n) is 1.94. The standard InChI is InChI=1S/C18H18O4/c1-2-21-17(19)13-10-14-8-11-16(12-9-14)22-18(20)15-6-4-3-5-7-15/h3-9,11-12H,2,10,13H2,1H3. The molecule has 0 bridgehead atoms. The molecule has 0 spiro atoms. The zero-order valence-corrected chi connectivity index (χ0v) is 12.5. The number of ether oxygens (including phenoxy) is 2. The summed E-state index contributed by atoms with van der Waals surface area (Å²) in [6.45, 7) is 2.18. The van der Waals surface area contributed by atoms with Crippen molar-refractivity contribution in [2.45, 2.75) is 19.8 Å². The fraction of sp³-hybridized carbons (Fsp3) is 0.222. The van der Waals surface area contributed by atoms with E-state index in [1.54, 1.807) is 43.3 Å². The summed E-state index contributed by atoms with van der Waals surface area (Å²) in [4.78, 5) is 23.2. The van der Waals surface area contributed by atoms with Crippen LogP contribution in [0.3, 0.4) is 0 Å². The Morgan fingerprint density at radius 2 is 1.64 bits per heavy atom. The van der Waals surface area contributed by atoms with Gasteiger partial charge >= 0.3 is 11.9 Å². The predicted molar refractivity (Wildman–Crippen MR) is 82.8 cm³/mol. The van der Waals surface area contributed by atoms with Gasteiger partial charge in [-0.2, -0.15) is 0 Å². The van der Waals surface area contributed by atoms with Crippen molar-refractivity contribution >= 4 is 11.9 Å². The Hall–Kier alpha value is -2.62. The number of hydrogen-bond donors (Lipinski definition) is 0. The molecule has 2 rings (SSSR count). The Balaban J connectivity index is 1.89. The second kappa shape index (κ2) is 7.98. The summed E-state index contributed by atoms with van der Waals surface area (Å²) in [6, 6.07) is 16.0. The number of hydrogen-bond acceptors (Lipinski definition) is 4. The van der Waals surface area contributed by atoms with E-state index in [-0.39, 0.29) is 11.9 Å². The van der Waals surface area contributed by atoms with Crippen LogP contribution in [0.1, 0.15) is 29.3 Å². The van der Waals surface area contributed by atoms with Crippen LogP contribution in [0.5, 0.6) is 5.75 Å². The quantitative estimate of drug-likeness (QED) is 0.606. The van der Waals surface area contributed by atoms with Gasteiger partial charge in [-0.3, -0.25) is 4.79 Å². The van der Waals surface area contributed by atoms with Crippen LogP contribution in [0.15, 0.2) is 54.6 Å². The highest BCUT2D eigenvalue weighted by Crippen LogP contribution is 2.15. The van der Waals surface area contributed by atoms with Gasteiger partial charge in [0.2, 0.25) is 0 Å². The van der Waals surface area contributed by atoms with Gasteiger partial charge in [0, 0.05) is 6.42 Å². The highest BCUT2D eigenvalue weighted by atomic mass is 16.5. The third-order valence-corrected chi connectivity index (χ3v) is 3.07. The lowest BCUT2D eigenvalue weighted by Crippen LogP contribution is -2.08. The molecule has 0 aromatic heterocycles. The monoisotopic (exact) mass is 298 g/mol. The van der Waals surface area contributed by atoms with Crippen LogP contribution in [0.4, 0.5) is 0 Å². The van der Waals surface area contributed by atoms with Crippen LogP contribution >= 0.6 is 0 Å². The van der Waals surface area contributed by atoms with Crippen molar-refractivity contribution in [1.82, 2.24) is 0 Å². The van der Waals surface area contributed by atoms with Gasteiger partial charge in [0.25, 0.3) is 0 Å². The Bertz CT molecular complexity index is 617. The molecule has 0 fully saturated rings. The van der Waals surface area contributed by atoms with E-state index in [2.05, 4.69) is 0 Å². The molecule has 0 aliphatic rings. The Morgan fingerprint density at radius 1 is 0.955 bits per heavy atom. The van der Waals surface area contributed by atoms with Crippen molar-refractivity contribution in [3.8, 4) is 5.75 Å². The van der Waals surface area contributed by atoms with Crippen molar-refractivity contribution in [1.29, 1.82) is 0 Å². The first-order chi connectivity index (χ1) is 10.7. The lowest BCUT2D eigenvalue weighted by molar-refractivity contribution is -0.143. The largest absolute Gasteiger partial charge is 0.466 e. The molecule has 4 nitrogen and oxygen atoms in total. The minimum absolute atomic E-state index is 0.206. The number of carbonyl (C=O) groups is 2. The number of rotatable bonds is 6. The third kappa shape index (κ3) is 4.74. The minimum Gasteiger partial charge on any atom is -0.466 e. The average molecular weight is 298 g/mol. The maximum atomic E-state index is 11.9. The lowest BCUT2D eigenvalue weighted by atomic mass is 10.1. The van der Waals surface area contributed by atoms with Crippen LogP contribution in [0, 0.1) is 0 Å². The number of aryl methyl sites for hydroxylation is 1. The molecule has 0 saturated carbocycles. The third-order valence-electron chi connectivity index (χ3n) is 3.07. The first-order valence-electron chi connectivity index (χ1n) is 7.21. The van der Waals surface area contributed by atoms with Gasteiger partial charge in [-0.25, -0.2) is 4.79 Å². The summed E-state index contributed by atoms with van der Waals surface area (Å²) in [6.07, 6.45) is 0.947. The Morgan fingerprint density at radius 3 is 2.27 bits per heavy atom. The minimum atomic E-state index is -0.389. The Kier molecular flexibility index (Phi) is 5.72. The molecular formula is C18H18O4. The molecular weight excluding hydrogens is 280 g/mol. The first kappa shape index (κ1) is 15.8. The number of carbonyl (C=O) groups excluding carboxylic acids is 2. The van der Waals surface area contributed by atoms with Crippen LogP contribution in [-0.4, -0.2) is 18.5 Å². The maximum Gasteiger partial charge on any atom is 0.343 e. The average Bonchev–Trinajstić information content (AvgIpc) is 2.55. The molecule has 0 N–H and O–H groups in total. The van der Waals surface area contributed by atoms with E-state index in [0.29, 0.717) is 30.8 Å². The summed E-state index contributed by atoms with van der Waals surface area (Å²) in [5, 5.41) is 0. The molecule has 114 valence electrons. The van der Waals surface area contributed by atoms with Gasteiger partial charge in [-0.05, 0) is 43.2 Å². The van der Waals surface area contributed by atoms with E-state index in [1.165, 1.54) is 0 Å². The molecule has 0 unspecified atom stereocenters. The van der Waals surface area contributed by atoms with Crippen LogP contribution < -0.4 is 4.74 Å². The lowest BCUT2D eigenvalue weighted by Gasteiger charge is -2.06. The van der Waals surface area contributed by atoms with Crippen molar-refractivity contribution < 1.29 is 19.1 Å². The molecule has 0 atom stereocenters. The second-order valence-corrected chi connectivity index (χ2v) is 4.70. The molecule has 22 heavy (non-hydrogen) atoms. The van der Waals surface area contributed by atoms with Gasteiger partial charge in [0.15, 0.2) is 0 Å². The molecule has 4 heteroatoms. The van der Waals surface area contributed by atoms with Crippen LogP contribution in [0.25, 0.3) is 0 Å². The van der Waals surface area contributed by atoms with E-state index in [1.807, 2.05) is 18.2 Å². The molecule has 0 aliphatic heterocycles. The summed E-state index contributed by atoms with van der Waals surface area (Å²) in [5.74, 6) is -0.115. The van der Waals surface area contributed by atoms with E-state index < -0.39 is 0 Å². The van der Waals surface area contributed by atoms with E-state index in [0.717, 1.165) is 5.56 Å². The summed E-state index contributed by atoms with van der Waals surface area (Å²) < 4.78 is 10.2. The van der Waals surface area contributed by atoms with Crippen molar-refractivity contribution in [3.63, 3.8) is 0 Å². The number of benzene rings is 2. The molecule has 0 saturated heterocycles. The fourth-order valence-corrected chi connectivity index (χ4v) is 1.94. The SMILES string of the molecule is CCOC(=O)CCc1ccc(OC(=O)c2ccccc2)cc1. The van der Waals surface area contributed by atoms with Crippen molar-refractivity contribution in [2.75, 3.05) is 6.61 Å². The molecule has 0 aliphatic carbocycles. The smallest absolute Gasteiger partial charge is 0.343 e. The van der Waals surface area contributed by atoms with Gasteiger partial charge in [0.1, 0.15) is 5.75 Å². The van der Waals surface area contributed by atoms with E-state index >= 15 is 0 Å². The molecule has 2 aromatic carbocycles. The van der Waals surface area contributed by atoms with E-state index in [4.69, 9.17) is 9.47 Å². The van der Waals surface area contributed by atoms with Crippen molar-refractivity contribution in [3.05, 3.63) is 65.7 Å². The molecule has 0 heterocycles. The normalized spacial score (nSPS) is 10.0. The molecule has 0 amide bonds. The summed E-state index contributed by atoms with van der Waals surface area (Å²) in [7, 11) is 0.